The Morgan fingerprint density at radius 2 is 2.09 bits per heavy atom. The van der Waals surface area contributed by atoms with Gasteiger partial charge in [-0.1, -0.05) is 6.42 Å². The summed E-state index contributed by atoms with van der Waals surface area (Å²) < 4.78 is 0. The SMILES string of the molecule is CC(=O)C1CCCCNCC1. The molecule has 2 heteroatoms. The third kappa shape index (κ3) is 3.02. The van der Waals surface area contributed by atoms with E-state index in [0.717, 1.165) is 25.9 Å². The summed E-state index contributed by atoms with van der Waals surface area (Å²) in [5.41, 5.74) is 0. The maximum Gasteiger partial charge on any atom is 0.132 e. The Balaban J connectivity index is 2.32. The van der Waals surface area contributed by atoms with Crippen molar-refractivity contribution < 1.29 is 4.79 Å². The second-order valence-corrected chi connectivity index (χ2v) is 3.34. The summed E-state index contributed by atoms with van der Waals surface area (Å²) in [6, 6.07) is 0. The Hall–Kier alpha value is -0.370. The van der Waals surface area contributed by atoms with Crippen molar-refractivity contribution in [1.82, 2.24) is 5.32 Å². The molecule has 1 aliphatic heterocycles. The lowest BCUT2D eigenvalue weighted by Crippen LogP contribution is -2.25. The van der Waals surface area contributed by atoms with Crippen LogP contribution in [0.4, 0.5) is 0 Å². The van der Waals surface area contributed by atoms with Crippen LogP contribution in [0.3, 0.4) is 0 Å². The molecular formula is C9H17NO. The highest BCUT2D eigenvalue weighted by Crippen LogP contribution is 2.14. The van der Waals surface area contributed by atoms with E-state index in [1.165, 1.54) is 12.8 Å². The van der Waals surface area contributed by atoms with E-state index in [1.807, 2.05) is 0 Å². The maximum absolute atomic E-state index is 11.0. The first-order valence-corrected chi connectivity index (χ1v) is 4.52. The van der Waals surface area contributed by atoms with Crippen molar-refractivity contribution in [1.29, 1.82) is 0 Å². The number of hydrogen-bond donors (Lipinski definition) is 1. The molecule has 1 saturated heterocycles. The van der Waals surface area contributed by atoms with Gasteiger partial charge in [0.05, 0.1) is 0 Å². The standard InChI is InChI=1S/C9H17NO/c1-8(11)9-4-2-3-6-10-7-5-9/h9-10H,2-7H2,1H3. The van der Waals surface area contributed by atoms with Crippen molar-refractivity contribution in [2.45, 2.75) is 32.6 Å². The van der Waals surface area contributed by atoms with Crippen LogP contribution in [-0.4, -0.2) is 18.9 Å². The Labute approximate surface area is 68.4 Å². The molecule has 0 aromatic carbocycles. The highest BCUT2D eigenvalue weighted by Gasteiger charge is 2.14. The molecule has 0 aromatic heterocycles. The average molecular weight is 155 g/mol. The van der Waals surface area contributed by atoms with Crippen LogP contribution in [0.15, 0.2) is 0 Å². The number of hydrogen-bond acceptors (Lipinski definition) is 2. The van der Waals surface area contributed by atoms with E-state index in [1.54, 1.807) is 6.92 Å². The van der Waals surface area contributed by atoms with Gasteiger partial charge in [-0.3, -0.25) is 4.79 Å². The van der Waals surface area contributed by atoms with Crippen LogP contribution in [0.25, 0.3) is 0 Å². The van der Waals surface area contributed by atoms with Crippen molar-refractivity contribution in [3.63, 3.8) is 0 Å². The highest BCUT2D eigenvalue weighted by atomic mass is 16.1. The predicted molar refractivity (Wildman–Crippen MR) is 45.5 cm³/mol. The van der Waals surface area contributed by atoms with E-state index in [-0.39, 0.29) is 0 Å². The van der Waals surface area contributed by atoms with Crippen molar-refractivity contribution >= 4 is 5.78 Å². The van der Waals surface area contributed by atoms with Crippen molar-refractivity contribution in [3.8, 4) is 0 Å². The molecule has 2 nitrogen and oxygen atoms in total. The fourth-order valence-corrected chi connectivity index (χ4v) is 1.59. The molecule has 1 rings (SSSR count). The van der Waals surface area contributed by atoms with Gasteiger partial charge in [0.2, 0.25) is 0 Å². The van der Waals surface area contributed by atoms with Gasteiger partial charge in [-0.05, 0) is 39.3 Å². The molecule has 0 aromatic rings. The Morgan fingerprint density at radius 1 is 1.27 bits per heavy atom. The molecule has 0 amide bonds. The summed E-state index contributed by atoms with van der Waals surface area (Å²) >= 11 is 0. The van der Waals surface area contributed by atoms with Gasteiger partial charge in [-0.15, -0.1) is 0 Å². The van der Waals surface area contributed by atoms with Crippen LogP contribution < -0.4 is 5.32 Å². The lowest BCUT2D eigenvalue weighted by Gasteiger charge is -2.17. The number of carbonyl (C=O) groups excluding carboxylic acids is 1. The highest BCUT2D eigenvalue weighted by molar-refractivity contribution is 5.78. The Morgan fingerprint density at radius 3 is 2.82 bits per heavy atom. The minimum absolute atomic E-state index is 0.336. The average Bonchev–Trinajstić information content (AvgIpc) is 1.84. The lowest BCUT2D eigenvalue weighted by molar-refractivity contribution is -0.121. The summed E-state index contributed by atoms with van der Waals surface area (Å²) in [5, 5.41) is 3.32. The van der Waals surface area contributed by atoms with Crippen molar-refractivity contribution in [2.75, 3.05) is 13.1 Å². The van der Waals surface area contributed by atoms with E-state index in [4.69, 9.17) is 0 Å². The van der Waals surface area contributed by atoms with Gasteiger partial charge in [-0.25, -0.2) is 0 Å². The maximum atomic E-state index is 11.0. The van der Waals surface area contributed by atoms with Crippen LogP contribution >= 0.6 is 0 Å². The van der Waals surface area contributed by atoms with Gasteiger partial charge in [0.1, 0.15) is 5.78 Å². The number of Topliss-reactive ketones (excluding diaryl/α,β-unsaturated/α-hetero) is 1. The molecule has 0 saturated carbocycles. The molecule has 1 aliphatic rings. The van der Waals surface area contributed by atoms with Gasteiger partial charge >= 0.3 is 0 Å². The molecule has 1 N–H and O–H groups in total. The molecule has 1 atom stereocenters. The smallest absolute Gasteiger partial charge is 0.132 e. The Kier molecular flexibility index (Phi) is 3.57. The van der Waals surface area contributed by atoms with Crippen molar-refractivity contribution in [3.05, 3.63) is 0 Å². The van der Waals surface area contributed by atoms with Crippen LogP contribution in [0.5, 0.6) is 0 Å². The topological polar surface area (TPSA) is 29.1 Å². The molecule has 11 heavy (non-hydrogen) atoms. The molecule has 0 radical (unpaired) electrons. The van der Waals surface area contributed by atoms with Crippen LogP contribution in [0.1, 0.15) is 32.6 Å². The molecule has 0 bridgehead atoms. The van der Waals surface area contributed by atoms with E-state index in [2.05, 4.69) is 5.32 Å². The van der Waals surface area contributed by atoms with Gasteiger partial charge in [0, 0.05) is 5.92 Å². The van der Waals surface area contributed by atoms with Gasteiger partial charge < -0.3 is 5.32 Å². The third-order valence-corrected chi connectivity index (χ3v) is 2.40. The molecule has 1 unspecified atom stereocenters. The zero-order valence-corrected chi connectivity index (χ0v) is 7.23. The lowest BCUT2D eigenvalue weighted by atomic mass is 9.93. The first-order valence-electron chi connectivity index (χ1n) is 4.52. The third-order valence-electron chi connectivity index (χ3n) is 2.40. The first kappa shape index (κ1) is 8.72. The number of ketones is 1. The summed E-state index contributed by atoms with van der Waals surface area (Å²) in [5.74, 6) is 0.705. The largest absolute Gasteiger partial charge is 0.317 e. The minimum Gasteiger partial charge on any atom is -0.317 e. The number of carbonyl (C=O) groups is 1. The zero-order chi connectivity index (χ0) is 8.10. The second kappa shape index (κ2) is 4.50. The van der Waals surface area contributed by atoms with Gasteiger partial charge in [-0.2, -0.15) is 0 Å². The van der Waals surface area contributed by atoms with E-state index in [9.17, 15) is 4.79 Å². The zero-order valence-electron chi connectivity index (χ0n) is 7.23. The van der Waals surface area contributed by atoms with Crippen molar-refractivity contribution in [2.24, 2.45) is 5.92 Å². The fraction of sp³-hybridized carbons (Fsp3) is 0.889. The molecular weight excluding hydrogens is 138 g/mol. The van der Waals surface area contributed by atoms with E-state index < -0.39 is 0 Å². The van der Waals surface area contributed by atoms with E-state index >= 15 is 0 Å². The summed E-state index contributed by atoms with van der Waals surface area (Å²) in [7, 11) is 0. The van der Waals surface area contributed by atoms with Crippen LogP contribution in [0.2, 0.25) is 0 Å². The fourth-order valence-electron chi connectivity index (χ4n) is 1.59. The minimum atomic E-state index is 0.336. The molecule has 1 heterocycles. The number of nitrogens with one attached hydrogen (secondary N) is 1. The predicted octanol–water partition coefficient (Wildman–Crippen LogP) is 1.36. The molecule has 0 aliphatic carbocycles. The summed E-state index contributed by atoms with van der Waals surface area (Å²) in [6.07, 6.45) is 4.58. The van der Waals surface area contributed by atoms with Crippen LogP contribution in [-0.2, 0) is 4.79 Å². The monoisotopic (exact) mass is 155 g/mol. The first-order chi connectivity index (χ1) is 5.30. The molecule has 1 fully saturated rings. The Bertz CT molecular complexity index is 126. The second-order valence-electron chi connectivity index (χ2n) is 3.34. The van der Waals surface area contributed by atoms with Crippen LogP contribution in [0, 0.1) is 5.92 Å². The molecule has 0 spiro atoms. The molecule has 64 valence electrons. The van der Waals surface area contributed by atoms with Gasteiger partial charge in [0.15, 0.2) is 0 Å². The number of rotatable bonds is 1. The van der Waals surface area contributed by atoms with Gasteiger partial charge in [0.25, 0.3) is 0 Å². The summed E-state index contributed by atoms with van der Waals surface area (Å²) in [4.78, 5) is 11.0. The van der Waals surface area contributed by atoms with E-state index in [0.29, 0.717) is 11.7 Å². The summed E-state index contributed by atoms with van der Waals surface area (Å²) in [6.45, 7) is 3.86. The quantitative estimate of drug-likeness (QED) is 0.619. The normalized spacial score (nSPS) is 27.2.